The minimum Gasteiger partial charge on any atom is -0.395 e. The van der Waals surface area contributed by atoms with Crippen LogP contribution < -0.4 is 0 Å². The minimum absolute atomic E-state index is 0.0311. The van der Waals surface area contributed by atoms with Crippen molar-refractivity contribution in [1.29, 1.82) is 0 Å². The first kappa shape index (κ1) is 24.2. The van der Waals surface area contributed by atoms with Gasteiger partial charge in [0.25, 0.3) is 0 Å². The van der Waals surface area contributed by atoms with Crippen molar-refractivity contribution >= 4 is 10.0 Å². The number of sulfonamides is 1. The number of hydrogen-bond acceptors (Lipinski definition) is 5. The molecular weight excluding hydrogens is 460 g/mol. The van der Waals surface area contributed by atoms with Crippen molar-refractivity contribution < 1.29 is 13.5 Å². The molecule has 7 nitrogen and oxygen atoms in total. The van der Waals surface area contributed by atoms with Gasteiger partial charge in [0.05, 0.1) is 6.61 Å². The van der Waals surface area contributed by atoms with Gasteiger partial charge in [-0.05, 0) is 62.1 Å². The number of nitrogens with zero attached hydrogens (tertiary/aromatic N) is 4. The topological polar surface area (TPSA) is 88.3 Å². The fourth-order valence-corrected chi connectivity index (χ4v) is 8.08. The first-order valence-electron chi connectivity index (χ1n) is 12.5. The summed E-state index contributed by atoms with van der Waals surface area (Å²) in [7, 11) is -3.46. The number of aliphatic hydroxyl groups is 1. The Morgan fingerprint density at radius 2 is 1.60 bits per heavy atom. The Kier molecular flexibility index (Phi) is 6.79. The Hall–Kier alpha value is -2.55. The second kappa shape index (κ2) is 9.84. The summed E-state index contributed by atoms with van der Waals surface area (Å²) in [6.07, 6.45) is 8.74. The van der Waals surface area contributed by atoms with Crippen LogP contribution in [-0.4, -0.2) is 45.2 Å². The molecule has 5 rings (SSSR count). The van der Waals surface area contributed by atoms with Gasteiger partial charge in [0.2, 0.25) is 10.0 Å². The average Bonchev–Trinajstić information content (AvgIpc) is 3.42. The average molecular weight is 495 g/mol. The van der Waals surface area contributed by atoms with Gasteiger partial charge in [-0.15, -0.1) is 10.2 Å². The molecule has 0 radical (unpaired) electrons. The highest BCUT2D eigenvalue weighted by Gasteiger charge is 2.41. The molecule has 1 aliphatic carbocycles. The van der Waals surface area contributed by atoms with Crippen LogP contribution in [0.2, 0.25) is 0 Å². The predicted octanol–water partition coefficient (Wildman–Crippen LogP) is 4.38. The second-order valence-corrected chi connectivity index (χ2v) is 12.3. The smallest absolute Gasteiger partial charge is 0.221 e. The molecule has 35 heavy (non-hydrogen) atoms. The van der Waals surface area contributed by atoms with Crippen molar-refractivity contribution in [2.24, 2.45) is 0 Å². The third-order valence-corrected chi connectivity index (χ3v) is 10.5. The zero-order valence-electron chi connectivity index (χ0n) is 20.2. The van der Waals surface area contributed by atoms with Crippen LogP contribution in [0.5, 0.6) is 0 Å². The van der Waals surface area contributed by atoms with Gasteiger partial charge in [-0.1, -0.05) is 54.6 Å². The molecule has 186 valence electrons. The highest BCUT2D eigenvalue weighted by molar-refractivity contribution is 7.89. The molecule has 1 aliphatic heterocycles. The quantitative estimate of drug-likeness (QED) is 0.549. The van der Waals surface area contributed by atoms with E-state index in [-0.39, 0.29) is 18.1 Å². The van der Waals surface area contributed by atoms with Crippen molar-refractivity contribution in [1.82, 2.24) is 19.1 Å². The van der Waals surface area contributed by atoms with E-state index in [2.05, 4.69) is 26.9 Å². The van der Waals surface area contributed by atoms with Crippen molar-refractivity contribution in [3.8, 4) is 0 Å². The van der Waals surface area contributed by atoms with Crippen LogP contribution in [0.25, 0.3) is 0 Å². The van der Waals surface area contributed by atoms with Gasteiger partial charge < -0.3 is 9.67 Å². The van der Waals surface area contributed by atoms with E-state index in [1.54, 1.807) is 17.0 Å². The normalized spacial score (nSPS) is 29.1. The standard InChI is InChI=1S/C27H34N4O3S/c1-21-7-12-26(23-5-3-2-4-6-23)35(33,34)31(21)17-22-8-10-24(11-9-22)27(18-32)15-13-25(14-16-27)30-19-28-29-20-30/h2-6,8-11,19-21,25-26,32H,7,12-18H2,1H3/t21-,25?,26+,27?/m0/s1. The van der Waals surface area contributed by atoms with Gasteiger partial charge in [0, 0.05) is 24.0 Å². The highest BCUT2D eigenvalue weighted by Crippen LogP contribution is 2.43. The van der Waals surface area contributed by atoms with Gasteiger partial charge in [-0.2, -0.15) is 4.31 Å². The number of rotatable bonds is 6. The van der Waals surface area contributed by atoms with Crippen molar-refractivity contribution in [2.45, 2.75) is 74.7 Å². The van der Waals surface area contributed by atoms with Crippen LogP contribution >= 0.6 is 0 Å². The lowest BCUT2D eigenvalue weighted by Gasteiger charge is -2.40. The lowest BCUT2D eigenvalue weighted by molar-refractivity contribution is 0.132. The van der Waals surface area contributed by atoms with E-state index >= 15 is 0 Å². The second-order valence-electron chi connectivity index (χ2n) is 10.2. The van der Waals surface area contributed by atoms with E-state index in [4.69, 9.17) is 0 Å². The van der Waals surface area contributed by atoms with Crippen LogP contribution in [-0.2, 0) is 22.0 Å². The summed E-state index contributed by atoms with van der Waals surface area (Å²) in [6, 6.07) is 18.1. The molecule has 3 aromatic rings. The lowest BCUT2D eigenvalue weighted by Crippen LogP contribution is -2.44. The molecule has 0 spiro atoms. The van der Waals surface area contributed by atoms with E-state index in [1.807, 2.05) is 49.4 Å². The monoisotopic (exact) mass is 494 g/mol. The zero-order chi connectivity index (χ0) is 24.5. The van der Waals surface area contributed by atoms with Crippen molar-refractivity contribution in [3.63, 3.8) is 0 Å². The van der Waals surface area contributed by atoms with Crippen LogP contribution in [0, 0.1) is 0 Å². The molecule has 1 saturated carbocycles. The third kappa shape index (κ3) is 4.67. The first-order valence-corrected chi connectivity index (χ1v) is 14.0. The molecule has 2 aromatic carbocycles. The molecule has 2 atom stereocenters. The minimum atomic E-state index is -3.46. The van der Waals surface area contributed by atoms with Crippen molar-refractivity contribution in [2.75, 3.05) is 6.61 Å². The molecule has 1 aromatic heterocycles. The van der Waals surface area contributed by atoms with Crippen LogP contribution in [0.15, 0.2) is 67.3 Å². The fraction of sp³-hybridized carbons (Fsp3) is 0.481. The summed E-state index contributed by atoms with van der Waals surface area (Å²) >= 11 is 0. The SMILES string of the molecule is C[C@H]1CC[C@H](c2ccccc2)S(=O)(=O)N1Cc1ccc(C2(CO)CCC(n3cnnc3)CC2)cc1. The predicted molar refractivity (Wildman–Crippen MR) is 135 cm³/mol. The molecule has 2 heterocycles. The highest BCUT2D eigenvalue weighted by atomic mass is 32.2. The van der Waals surface area contributed by atoms with E-state index in [0.29, 0.717) is 19.0 Å². The molecule has 0 unspecified atom stereocenters. The van der Waals surface area contributed by atoms with Gasteiger partial charge in [0.1, 0.15) is 17.9 Å². The van der Waals surface area contributed by atoms with E-state index < -0.39 is 15.3 Å². The maximum absolute atomic E-state index is 13.6. The summed E-state index contributed by atoms with van der Waals surface area (Å²) in [6.45, 7) is 2.48. The molecule has 2 fully saturated rings. The van der Waals surface area contributed by atoms with Crippen molar-refractivity contribution in [3.05, 3.63) is 83.9 Å². The molecule has 8 heteroatoms. The Morgan fingerprint density at radius 1 is 0.943 bits per heavy atom. The van der Waals surface area contributed by atoms with Crippen LogP contribution in [0.1, 0.15) is 73.4 Å². The third-order valence-electron chi connectivity index (χ3n) is 8.17. The van der Waals surface area contributed by atoms with Crippen LogP contribution in [0.3, 0.4) is 0 Å². The Morgan fingerprint density at radius 3 is 2.23 bits per heavy atom. The van der Waals surface area contributed by atoms with E-state index in [0.717, 1.165) is 48.8 Å². The maximum Gasteiger partial charge on any atom is 0.221 e. The molecular formula is C27H34N4O3S. The molecule has 1 saturated heterocycles. The largest absolute Gasteiger partial charge is 0.395 e. The maximum atomic E-state index is 13.6. The number of aromatic nitrogens is 3. The van der Waals surface area contributed by atoms with E-state index in [9.17, 15) is 13.5 Å². The van der Waals surface area contributed by atoms with Gasteiger partial charge >= 0.3 is 0 Å². The number of aliphatic hydroxyl groups excluding tert-OH is 1. The molecule has 1 N–H and O–H groups in total. The summed E-state index contributed by atoms with van der Waals surface area (Å²) in [5.41, 5.74) is 2.71. The Balaban J connectivity index is 1.31. The summed E-state index contributed by atoms with van der Waals surface area (Å²) in [5, 5.41) is 17.7. The lowest BCUT2D eigenvalue weighted by atomic mass is 9.68. The molecule has 0 amide bonds. The van der Waals surface area contributed by atoms with E-state index in [1.165, 1.54) is 0 Å². The van der Waals surface area contributed by atoms with Gasteiger partial charge in [0.15, 0.2) is 0 Å². The summed E-state index contributed by atoms with van der Waals surface area (Å²) in [5.74, 6) is 0. The van der Waals surface area contributed by atoms with Gasteiger partial charge in [-0.25, -0.2) is 8.42 Å². The molecule has 2 aliphatic rings. The molecule has 0 bridgehead atoms. The summed E-state index contributed by atoms with van der Waals surface area (Å²) in [4.78, 5) is 0. The number of hydrogen-bond donors (Lipinski definition) is 1. The summed E-state index contributed by atoms with van der Waals surface area (Å²) < 4.78 is 30.8. The first-order chi connectivity index (χ1) is 16.9. The van der Waals surface area contributed by atoms with Crippen LogP contribution in [0.4, 0.5) is 0 Å². The Bertz CT molecular complexity index is 1210. The fourth-order valence-electron chi connectivity index (χ4n) is 5.88. The zero-order valence-corrected chi connectivity index (χ0v) is 21.0. The number of benzene rings is 2. The van der Waals surface area contributed by atoms with Gasteiger partial charge in [-0.3, -0.25) is 0 Å². The Labute approximate surface area is 207 Å².